The number of allylic oxidation sites excluding steroid dienone is 2. The Bertz CT molecular complexity index is 834. The number of rotatable bonds is 6. The first kappa shape index (κ1) is 17.2. The van der Waals surface area contributed by atoms with Gasteiger partial charge < -0.3 is 5.11 Å². The summed E-state index contributed by atoms with van der Waals surface area (Å²) in [5.74, 6) is 0. The first-order valence-electron chi connectivity index (χ1n) is 8.17. The lowest BCUT2D eigenvalue weighted by atomic mass is 9.89. The number of aromatic nitrogens is 3. The van der Waals surface area contributed by atoms with E-state index in [9.17, 15) is 5.11 Å². The number of alkyl halides is 1. The van der Waals surface area contributed by atoms with Gasteiger partial charge in [0, 0.05) is 11.4 Å². The van der Waals surface area contributed by atoms with Gasteiger partial charge in [0.05, 0.1) is 11.4 Å². The van der Waals surface area contributed by atoms with Gasteiger partial charge >= 0.3 is 0 Å². The minimum absolute atomic E-state index is 0.303. The summed E-state index contributed by atoms with van der Waals surface area (Å²) in [6.45, 7) is 0.303. The monoisotopic (exact) mass is 395 g/mol. The Morgan fingerprint density at radius 2 is 1.96 bits per heavy atom. The molecule has 1 unspecified atom stereocenters. The van der Waals surface area contributed by atoms with Gasteiger partial charge in [-0.15, -0.1) is 11.6 Å². The zero-order valence-corrected chi connectivity index (χ0v) is 15.9. The number of hydrogen-bond donors (Lipinski definition) is 2. The smallest absolute Gasteiger partial charge is 0.173 e. The van der Waals surface area contributed by atoms with Crippen LogP contribution in [0.5, 0.6) is 0 Å². The second-order valence-electron chi connectivity index (χ2n) is 6.57. The van der Waals surface area contributed by atoms with E-state index in [1.807, 2.05) is 36.4 Å². The number of aliphatic hydroxyl groups is 1. The lowest BCUT2D eigenvalue weighted by Gasteiger charge is -2.34. The molecule has 1 saturated carbocycles. The van der Waals surface area contributed by atoms with Crippen LogP contribution in [0.3, 0.4) is 0 Å². The van der Waals surface area contributed by atoms with Crippen molar-refractivity contribution >= 4 is 34.1 Å². The van der Waals surface area contributed by atoms with E-state index in [2.05, 4.69) is 20.9 Å². The zero-order chi connectivity index (χ0) is 17.5. The second-order valence-corrected chi connectivity index (χ2v) is 9.51. The number of nitrogens with zero attached hydrogens (tertiary/aromatic N) is 3. The minimum Gasteiger partial charge on any atom is -0.386 e. The summed E-state index contributed by atoms with van der Waals surface area (Å²) in [6, 6.07) is 7.58. The molecule has 7 heteroatoms. The van der Waals surface area contributed by atoms with Crippen LogP contribution in [0.25, 0.3) is 0 Å². The zero-order valence-electron chi connectivity index (χ0n) is 13.5. The van der Waals surface area contributed by atoms with Crippen LogP contribution in [0.2, 0.25) is 5.02 Å². The van der Waals surface area contributed by atoms with Crippen LogP contribution >= 0.6 is 34.1 Å². The molecule has 1 fully saturated rings. The van der Waals surface area contributed by atoms with Crippen molar-refractivity contribution in [2.75, 3.05) is 0 Å². The maximum Gasteiger partial charge on any atom is 0.173 e. The van der Waals surface area contributed by atoms with E-state index in [0.717, 1.165) is 23.6 Å². The van der Waals surface area contributed by atoms with E-state index in [1.54, 1.807) is 11.0 Å². The van der Waals surface area contributed by atoms with Crippen molar-refractivity contribution in [2.45, 2.75) is 41.4 Å². The third-order valence-electron chi connectivity index (χ3n) is 4.81. The van der Waals surface area contributed by atoms with Crippen molar-refractivity contribution in [3.63, 3.8) is 0 Å². The molecule has 0 bridgehead atoms. The van der Waals surface area contributed by atoms with Crippen molar-refractivity contribution in [3.05, 3.63) is 64.1 Å². The maximum atomic E-state index is 11.5. The molecule has 0 amide bonds. The highest BCUT2D eigenvalue weighted by Gasteiger charge is 2.58. The molecule has 1 aromatic carbocycles. The van der Waals surface area contributed by atoms with Crippen LogP contribution in [0.1, 0.15) is 18.4 Å². The standard InChI is InChI=1S/C18H19Cl2N3OS/c19-15-6-2-1-5-14(15)11-18(24,17(20)7-8-17)12-23-16(21-13-22-23)25-9-3-4-10-25/h1-6,9-10,13,24-25H,7-8,11-12H2. The van der Waals surface area contributed by atoms with Gasteiger partial charge in [0.25, 0.3) is 0 Å². The molecule has 1 atom stereocenters. The molecule has 4 rings (SSSR count). The summed E-state index contributed by atoms with van der Waals surface area (Å²) >= 11 is 13.0. The van der Waals surface area contributed by atoms with Crippen molar-refractivity contribution in [1.29, 1.82) is 0 Å². The van der Waals surface area contributed by atoms with Crippen molar-refractivity contribution in [3.8, 4) is 0 Å². The summed E-state index contributed by atoms with van der Waals surface area (Å²) in [6.07, 6.45) is 7.54. The van der Waals surface area contributed by atoms with Gasteiger partial charge in [0.15, 0.2) is 5.16 Å². The van der Waals surface area contributed by atoms with Crippen molar-refractivity contribution in [2.24, 2.45) is 0 Å². The summed E-state index contributed by atoms with van der Waals surface area (Å²) in [5, 5.41) is 21.6. The van der Waals surface area contributed by atoms with Gasteiger partial charge in [-0.3, -0.25) is 0 Å². The molecular formula is C18H19Cl2N3OS. The van der Waals surface area contributed by atoms with Crippen LogP contribution in [-0.2, 0) is 13.0 Å². The van der Waals surface area contributed by atoms with Gasteiger partial charge in [0.1, 0.15) is 11.9 Å². The van der Waals surface area contributed by atoms with E-state index in [1.165, 1.54) is 0 Å². The Hall–Kier alpha value is -1.27. The number of benzene rings is 1. The average molecular weight is 396 g/mol. The largest absolute Gasteiger partial charge is 0.386 e. The molecule has 0 radical (unpaired) electrons. The number of thiol groups is 1. The fourth-order valence-corrected chi connectivity index (χ4v) is 5.11. The molecule has 1 aliphatic carbocycles. The Kier molecular flexibility index (Phi) is 4.44. The van der Waals surface area contributed by atoms with Gasteiger partial charge in [-0.1, -0.05) is 42.0 Å². The third-order valence-corrected chi connectivity index (χ3v) is 7.70. The molecule has 1 aliphatic heterocycles. The molecule has 1 N–H and O–H groups in total. The fraction of sp³-hybridized carbons (Fsp3) is 0.333. The minimum atomic E-state index is -1.13. The Morgan fingerprint density at radius 1 is 1.24 bits per heavy atom. The normalized spacial score (nSPS) is 21.5. The Morgan fingerprint density at radius 3 is 2.64 bits per heavy atom. The molecule has 25 heavy (non-hydrogen) atoms. The predicted octanol–water partition coefficient (Wildman–Crippen LogP) is 4.08. The molecule has 0 spiro atoms. The first-order chi connectivity index (χ1) is 12.0. The SMILES string of the molecule is OC(Cc1ccccc1Cl)(Cn1ncnc1[SH]1C=CC=C1)C1(Cl)CC1. The van der Waals surface area contributed by atoms with Gasteiger partial charge in [0.2, 0.25) is 0 Å². The number of hydrogen-bond acceptors (Lipinski definition) is 3. The van der Waals surface area contributed by atoms with Crippen LogP contribution < -0.4 is 0 Å². The summed E-state index contributed by atoms with van der Waals surface area (Å²) in [4.78, 5) is 3.77. The van der Waals surface area contributed by atoms with E-state index in [0.29, 0.717) is 18.0 Å². The molecule has 1 aromatic heterocycles. The first-order valence-corrected chi connectivity index (χ1v) is 10.4. The van der Waals surface area contributed by atoms with Gasteiger partial charge in [-0.25, -0.2) is 9.67 Å². The summed E-state index contributed by atoms with van der Waals surface area (Å²) < 4.78 is 1.80. The number of halogens is 2. The summed E-state index contributed by atoms with van der Waals surface area (Å²) in [7, 11) is -0.610. The molecule has 0 saturated heterocycles. The quantitative estimate of drug-likeness (QED) is 0.572. The Labute approximate surface area is 159 Å². The molecule has 2 heterocycles. The molecule has 2 aromatic rings. The fourth-order valence-electron chi connectivity index (χ4n) is 3.17. The van der Waals surface area contributed by atoms with Crippen molar-refractivity contribution in [1.82, 2.24) is 14.8 Å². The molecular weight excluding hydrogens is 377 g/mol. The van der Waals surface area contributed by atoms with E-state index in [4.69, 9.17) is 23.2 Å². The highest BCUT2D eigenvalue weighted by molar-refractivity contribution is 8.22. The van der Waals surface area contributed by atoms with Crippen molar-refractivity contribution < 1.29 is 5.11 Å². The topological polar surface area (TPSA) is 50.9 Å². The predicted molar refractivity (Wildman–Crippen MR) is 103 cm³/mol. The molecule has 4 nitrogen and oxygen atoms in total. The lowest BCUT2D eigenvalue weighted by molar-refractivity contribution is 0.00525. The highest BCUT2D eigenvalue weighted by atomic mass is 35.5. The summed E-state index contributed by atoms with van der Waals surface area (Å²) in [5.41, 5.74) is -0.239. The Balaban J connectivity index is 1.65. The van der Waals surface area contributed by atoms with E-state index >= 15 is 0 Å². The third kappa shape index (κ3) is 3.26. The highest BCUT2D eigenvalue weighted by Crippen LogP contribution is 2.53. The van der Waals surface area contributed by atoms with Crippen LogP contribution in [0.15, 0.2) is 58.7 Å². The lowest BCUT2D eigenvalue weighted by Crippen LogP contribution is -2.47. The average Bonchev–Trinajstić information content (AvgIpc) is 3.02. The van der Waals surface area contributed by atoms with E-state index < -0.39 is 21.4 Å². The van der Waals surface area contributed by atoms with Crippen LogP contribution in [-0.4, -0.2) is 30.3 Å². The maximum absolute atomic E-state index is 11.5. The van der Waals surface area contributed by atoms with E-state index in [-0.39, 0.29) is 0 Å². The molecule has 132 valence electrons. The molecule has 2 aliphatic rings. The van der Waals surface area contributed by atoms with Gasteiger partial charge in [-0.2, -0.15) is 16.0 Å². The second kappa shape index (κ2) is 6.47. The van der Waals surface area contributed by atoms with Crippen LogP contribution in [0, 0.1) is 0 Å². The van der Waals surface area contributed by atoms with Gasteiger partial charge in [-0.05, 0) is 35.3 Å². The van der Waals surface area contributed by atoms with Crippen LogP contribution in [0.4, 0.5) is 0 Å².